The largest absolute Gasteiger partial charge is 0.454 e. The zero-order valence-electron chi connectivity index (χ0n) is 14.1. The standard InChI is InChI=1S/C17H17FN2O7/c18-10-5-20(17(23)19-16(10)22)15-4-13(14(6-21)27-15)24-7-9-1-2-11-12(3-9)26-8-25-11/h1-3,5,13-15,21H,4,6-8H2,(H,19,22,23). The van der Waals surface area contributed by atoms with Crippen LogP contribution in [0.1, 0.15) is 18.2 Å². The summed E-state index contributed by atoms with van der Waals surface area (Å²) in [6, 6.07) is 5.41. The van der Waals surface area contributed by atoms with E-state index in [1.165, 1.54) is 0 Å². The van der Waals surface area contributed by atoms with Crippen molar-refractivity contribution in [3.05, 3.63) is 56.6 Å². The molecule has 2 aromatic rings. The van der Waals surface area contributed by atoms with Gasteiger partial charge in [0.15, 0.2) is 11.5 Å². The Hall–Kier alpha value is -2.69. The van der Waals surface area contributed by atoms with Gasteiger partial charge in [0, 0.05) is 6.42 Å². The van der Waals surface area contributed by atoms with E-state index in [4.69, 9.17) is 18.9 Å². The third-order valence-electron chi connectivity index (χ3n) is 4.50. The van der Waals surface area contributed by atoms with Crippen molar-refractivity contribution in [1.29, 1.82) is 0 Å². The minimum atomic E-state index is -1.09. The number of hydrogen-bond donors (Lipinski definition) is 2. The van der Waals surface area contributed by atoms with Crippen LogP contribution in [0.15, 0.2) is 34.0 Å². The summed E-state index contributed by atoms with van der Waals surface area (Å²) >= 11 is 0. The van der Waals surface area contributed by atoms with Crippen LogP contribution >= 0.6 is 0 Å². The van der Waals surface area contributed by atoms with Gasteiger partial charge in [0.05, 0.1) is 25.5 Å². The van der Waals surface area contributed by atoms with Crippen LogP contribution in [0.3, 0.4) is 0 Å². The number of aliphatic hydroxyl groups excluding tert-OH is 1. The Balaban J connectivity index is 1.46. The number of halogens is 1. The minimum Gasteiger partial charge on any atom is -0.454 e. The molecule has 10 heteroatoms. The van der Waals surface area contributed by atoms with Gasteiger partial charge in [0.1, 0.15) is 12.3 Å². The molecular weight excluding hydrogens is 363 g/mol. The van der Waals surface area contributed by atoms with Gasteiger partial charge in [-0.15, -0.1) is 0 Å². The molecule has 0 saturated carbocycles. The highest BCUT2D eigenvalue weighted by molar-refractivity contribution is 5.44. The van der Waals surface area contributed by atoms with Gasteiger partial charge in [-0.05, 0) is 17.7 Å². The lowest BCUT2D eigenvalue weighted by Gasteiger charge is -2.16. The first-order chi connectivity index (χ1) is 13.0. The molecule has 3 unspecified atom stereocenters. The van der Waals surface area contributed by atoms with Crippen LogP contribution in [-0.2, 0) is 16.1 Å². The van der Waals surface area contributed by atoms with Gasteiger partial charge in [-0.3, -0.25) is 14.3 Å². The summed E-state index contributed by atoms with van der Waals surface area (Å²) in [5.74, 6) is 0.199. The number of hydrogen-bond acceptors (Lipinski definition) is 7. The van der Waals surface area contributed by atoms with Crippen LogP contribution in [0.2, 0.25) is 0 Å². The smallest absolute Gasteiger partial charge is 0.330 e. The lowest BCUT2D eigenvalue weighted by Crippen LogP contribution is -2.34. The van der Waals surface area contributed by atoms with E-state index in [-0.39, 0.29) is 26.4 Å². The van der Waals surface area contributed by atoms with E-state index in [1.54, 1.807) is 12.1 Å². The molecular formula is C17H17FN2O7. The van der Waals surface area contributed by atoms with Crippen molar-refractivity contribution in [2.24, 2.45) is 0 Å². The van der Waals surface area contributed by atoms with Gasteiger partial charge in [0.2, 0.25) is 12.6 Å². The molecule has 1 aromatic carbocycles. The number of ether oxygens (including phenoxy) is 4. The van der Waals surface area contributed by atoms with Crippen LogP contribution < -0.4 is 20.7 Å². The fourth-order valence-electron chi connectivity index (χ4n) is 3.12. The molecule has 1 saturated heterocycles. The Labute approximate surface area is 151 Å². The van der Waals surface area contributed by atoms with Crippen molar-refractivity contribution in [2.45, 2.75) is 31.5 Å². The molecule has 3 atom stereocenters. The number of nitrogens with zero attached hydrogens (tertiary/aromatic N) is 1. The first kappa shape index (κ1) is 17.7. The summed E-state index contributed by atoms with van der Waals surface area (Å²) in [5.41, 5.74) is -1.05. The van der Waals surface area contributed by atoms with Crippen molar-refractivity contribution < 1.29 is 28.4 Å². The summed E-state index contributed by atoms with van der Waals surface area (Å²) in [6.07, 6.45) is -1.07. The predicted molar refractivity (Wildman–Crippen MR) is 88.0 cm³/mol. The van der Waals surface area contributed by atoms with E-state index in [1.807, 2.05) is 11.1 Å². The predicted octanol–water partition coefficient (Wildman–Crippen LogP) is 0.270. The summed E-state index contributed by atoms with van der Waals surface area (Å²) in [4.78, 5) is 24.9. The van der Waals surface area contributed by atoms with Crippen LogP contribution in [0.4, 0.5) is 4.39 Å². The lowest BCUT2D eigenvalue weighted by atomic mass is 10.1. The molecule has 0 bridgehead atoms. The molecule has 1 aromatic heterocycles. The summed E-state index contributed by atoms with van der Waals surface area (Å²) in [6.45, 7) is 0.0700. The van der Waals surface area contributed by atoms with Gasteiger partial charge in [0.25, 0.3) is 5.56 Å². The van der Waals surface area contributed by atoms with E-state index in [9.17, 15) is 19.1 Å². The fourth-order valence-corrected chi connectivity index (χ4v) is 3.12. The van der Waals surface area contributed by atoms with E-state index < -0.39 is 35.5 Å². The van der Waals surface area contributed by atoms with Gasteiger partial charge >= 0.3 is 5.69 Å². The Bertz CT molecular complexity index is 957. The second kappa shape index (κ2) is 7.14. The van der Waals surface area contributed by atoms with Crippen LogP contribution in [0.25, 0.3) is 0 Å². The molecule has 1 fully saturated rings. The quantitative estimate of drug-likeness (QED) is 0.766. The molecule has 144 valence electrons. The maximum Gasteiger partial charge on any atom is 0.330 e. The monoisotopic (exact) mass is 380 g/mol. The van der Waals surface area contributed by atoms with E-state index in [2.05, 4.69) is 0 Å². The summed E-state index contributed by atoms with van der Waals surface area (Å²) in [7, 11) is 0. The number of H-pyrrole nitrogens is 1. The highest BCUT2D eigenvalue weighted by Crippen LogP contribution is 2.34. The zero-order valence-corrected chi connectivity index (χ0v) is 14.1. The first-order valence-electron chi connectivity index (χ1n) is 8.32. The molecule has 0 aliphatic carbocycles. The maximum atomic E-state index is 13.5. The molecule has 2 N–H and O–H groups in total. The highest BCUT2D eigenvalue weighted by atomic mass is 19.1. The Morgan fingerprint density at radius 3 is 2.93 bits per heavy atom. The summed E-state index contributed by atoms with van der Waals surface area (Å²) < 4.78 is 36.5. The maximum absolute atomic E-state index is 13.5. The van der Waals surface area contributed by atoms with Crippen molar-refractivity contribution >= 4 is 0 Å². The van der Waals surface area contributed by atoms with Gasteiger partial charge in [-0.25, -0.2) is 4.79 Å². The Morgan fingerprint density at radius 1 is 1.30 bits per heavy atom. The van der Waals surface area contributed by atoms with Crippen molar-refractivity contribution in [3.8, 4) is 11.5 Å². The average Bonchev–Trinajstić information content (AvgIpc) is 3.28. The number of nitrogens with one attached hydrogen (secondary N) is 1. The lowest BCUT2D eigenvalue weighted by molar-refractivity contribution is -0.0659. The second-order valence-corrected chi connectivity index (χ2v) is 6.23. The van der Waals surface area contributed by atoms with E-state index in [0.29, 0.717) is 11.5 Å². The molecule has 0 spiro atoms. The SMILES string of the molecule is O=c1[nH]c(=O)n(C2CC(OCc3ccc4c(c3)OCO4)C(CO)O2)cc1F. The number of aromatic amines is 1. The van der Waals surface area contributed by atoms with Gasteiger partial charge in [-0.2, -0.15) is 4.39 Å². The fraction of sp³-hybridized carbons (Fsp3) is 0.412. The molecule has 3 heterocycles. The van der Waals surface area contributed by atoms with Crippen molar-refractivity contribution in [2.75, 3.05) is 13.4 Å². The average molecular weight is 380 g/mol. The van der Waals surface area contributed by atoms with E-state index in [0.717, 1.165) is 16.3 Å². The molecule has 2 aliphatic rings. The van der Waals surface area contributed by atoms with Crippen LogP contribution in [0.5, 0.6) is 11.5 Å². The van der Waals surface area contributed by atoms with E-state index >= 15 is 0 Å². The first-order valence-corrected chi connectivity index (χ1v) is 8.32. The highest BCUT2D eigenvalue weighted by Gasteiger charge is 2.37. The molecule has 0 amide bonds. The van der Waals surface area contributed by atoms with Crippen LogP contribution in [-0.4, -0.2) is 40.3 Å². The molecule has 4 rings (SSSR count). The number of benzene rings is 1. The van der Waals surface area contributed by atoms with Gasteiger partial charge in [-0.1, -0.05) is 6.07 Å². The normalized spacial score (nSPS) is 23.7. The number of aromatic nitrogens is 2. The number of rotatable bonds is 5. The number of aliphatic hydroxyl groups is 1. The molecule has 2 aliphatic heterocycles. The van der Waals surface area contributed by atoms with Gasteiger partial charge < -0.3 is 24.1 Å². The van der Waals surface area contributed by atoms with Crippen molar-refractivity contribution in [3.63, 3.8) is 0 Å². The second-order valence-electron chi connectivity index (χ2n) is 6.23. The molecule has 0 radical (unpaired) electrons. The molecule has 9 nitrogen and oxygen atoms in total. The third-order valence-corrected chi connectivity index (χ3v) is 4.50. The topological polar surface area (TPSA) is 112 Å². The summed E-state index contributed by atoms with van der Waals surface area (Å²) in [5, 5.41) is 9.53. The Kier molecular flexibility index (Phi) is 4.68. The Morgan fingerprint density at radius 2 is 2.11 bits per heavy atom. The van der Waals surface area contributed by atoms with Crippen molar-refractivity contribution in [1.82, 2.24) is 9.55 Å². The number of fused-ring (bicyclic) bond motifs is 1. The third kappa shape index (κ3) is 3.46. The molecule has 27 heavy (non-hydrogen) atoms. The van der Waals surface area contributed by atoms with Crippen LogP contribution in [0, 0.1) is 5.82 Å². The minimum absolute atomic E-state index is 0.175. The zero-order chi connectivity index (χ0) is 19.0.